The van der Waals surface area contributed by atoms with E-state index in [1.807, 2.05) is 5.32 Å². The van der Waals surface area contributed by atoms with Gasteiger partial charge >= 0.3 is 6.03 Å². The summed E-state index contributed by atoms with van der Waals surface area (Å²) in [6.07, 6.45) is 0. The minimum Gasteiger partial charge on any atom is -0.483 e. The maximum absolute atomic E-state index is 13.1. The summed E-state index contributed by atoms with van der Waals surface area (Å²) in [5.41, 5.74) is 5.06. The van der Waals surface area contributed by atoms with E-state index in [1.54, 1.807) is 0 Å². The van der Waals surface area contributed by atoms with Crippen LogP contribution in [0.25, 0.3) is 0 Å². The molecule has 0 bridgehead atoms. The molecule has 0 unspecified atom stereocenters. The molecule has 0 atom stereocenters. The van der Waals surface area contributed by atoms with Crippen molar-refractivity contribution in [2.75, 3.05) is 6.61 Å². The highest BCUT2D eigenvalue weighted by atomic mass is 19.1. The number of oxime groups is 1. The van der Waals surface area contributed by atoms with E-state index in [0.717, 1.165) is 12.1 Å². The molecule has 0 spiro atoms. The van der Waals surface area contributed by atoms with Gasteiger partial charge in [-0.15, -0.1) is 0 Å². The zero-order chi connectivity index (χ0) is 14.4. The third-order valence-corrected chi connectivity index (χ3v) is 2.10. The van der Waals surface area contributed by atoms with Gasteiger partial charge in [-0.3, -0.25) is 10.1 Å². The smallest absolute Gasteiger partial charge is 0.318 e. The van der Waals surface area contributed by atoms with Crippen molar-refractivity contribution in [3.8, 4) is 5.75 Å². The minimum atomic E-state index is -0.999. The van der Waals surface area contributed by atoms with Crippen LogP contribution in [0.2, 0.25) is 0 Å². The Morgan fingerprint density at radius 2 is 2.21 bits per heavy atom. The topological polar surface area (TPSA) is 114 Å². The number of carbonyl (C=O) groups excluding carboxylic acids is 2. The maximum atomic E-state index is 13.1. The summed E-state index contributed by atoms with van der Waals surface area (Å²) in [6.45, 7) is 0.950. The molecule has 4 N–H and O–H groups in total. The van der Waals surface area contributed by atoms with Gasteiger partial charge in [0.2, 0.25) is 0 Å². The average Bonchev–Trinajstić information content (AvgIpc) is 2.35. The fourth-order valence-electron chi connectivity index (χ4n) is 1.28. The van der Waals surface area contributed by atoms with E-state index in [-0.39, 0.29) is 17.0 Å². The van der Waals surface area contributed by atoms with E-state index >= 15 is 0 Å². The Morgan fingerprint density at radius 3 is 2.79 bits per heavy atom. The normalized spacial score (nSPS) is 10.9. The van der Waals surface area contributed by atoms with Gasteiger partial charge in [-0.05, 0) is 25.1 Å². The Hall–Kier alpha value is -2.64. The average molecular weight is 269 g/mol. The second-order valence-corrected chi connectivity index (χ2v) is 3.53. The van der Waals surface area contributed by atoms with Crippen LogP contribution in [0.5, 0.6) is 5.75 Å². The number of carbonyl (C=O) groups is 2. The van der Waals surface area contributed by atoms with Gasteiger partial charge in [0.25, 0.3) is 5.91 Å². The van der Waals surface area contributed by atoms with Crippen molar-refractivity contribution in [2.24, 2.45) is 10.9 Å². The molecule has 8 heteroatoms. The highest BCUT2D eigenvalue weighted by Crippen LogP contribution is 2.20. The standard InChI is InChI=1S/C11H12FN3O4/c1-6(15-18)8-4-7(12)2-3-9(8)19-5-10(16)14-11(13)17/h2-4,18H,5H2,1H3,(H3,13,14,16,17). The zero-order valence-corrected chi connectivity index (χ0v) is 10.0. The highest BCUT2D eigenvalue weighted by molar-refractivity contribution is 6.01. The third-order valence-electron chi connectivity index (χ3n) is 2.10. The van der Waals surface area contributed by atoms with Crippen LogP contribution in [0, 0.1) is 5.82 Å². The summed E-state index contributed by atoms with van der Waals surface area (Å²) in [7, 11) is 0. The summed E-state index contributed by atoms with van der Waals surface area (Å²) in [5.74, 6) is -1.16. The predicted octanol–water partition coefficient (Wildman–Crippen LogP) is 0.598. The number of nitrogens with two attached hydrogens (primary N) is 1. The van der Waals surface area contributed by atoms with Crippen LogP contribution in [-0.2, 0) is 4.79 Å². The second-order valence-electron chi connectivity index (χ2n) is 3.53. The van der Waals surface area contributed by atoms with Gasteiger partial charge in [-0.25, -0.2) is 9.18 Å². The Bertz CT molecular complexity index is 531. The number of hydrogen-bond acceptors (Lipinski definition) is 5. The largest absolute Gasteiger partial charge is 0.483 e. The van der Waals surface area contributed by atoms with Crippen LogP contribution in [0.15, 0.2) is 23.4 Å². The van der Waals surface area contributed by atoms with Crippen molar-refractivity contribution in [2.45, 2.75) is 6.92 Å². The van der Waals surface area contributed by atoms with Crippen LogP contribution in [0.4, 0.5) is 9.18 Å². The fraction of sp³-hybridized carbons (Fsp3) is 0.182. The predicted molar refractivity (Wildman–Crippen MR) is 63.6 cm³/mol. The minimum absolute atomic E-state index is 0.116. The molecule has 19 heavy (non-hydrogen) atoms. The Labute approximate surface area is 107 Å². The molecule has 1 aromatic carbocycles. The van der Waals surface area contributed by atoms with E-state index in [4.69, 9.17) is 15.7 Å². The van der Waals surface area contributed by atoms with Gasteiger partial charge in [0.1, 0.15) is 11.6 Å². The lowest BCUT2D eigenvalue weighted by molar-refractivity contribution is -0.121. The number of rotatable bonds is 4. The SMILES string of the molecule is CC(=NO)c1cc(F)ccc1OCC(=O)NC(N)=O. The van der Waals surface area contributed by atoms with Crippen LogP contribution < -0.4 is 15.8 Å². The van der Waals surface area contributed by atoms with Crippen LogP contribution in [0.3, 0.4) is 0 Å². The van der Waals surface area contributed by atoms with E-state index in [0.29, 0.717) is 0 Å². The molecule has 0 radical (unpaired) electrons. The number of hydrogen-bond donors (Lipinski definition) is 3. The molecule has 0 fully saturated rings. The molecule has 3 amide bonds. The molecule has 0 aliphatic rings. The Kier molecular flexibility index (Phi) is 4.81. The molecule has 0 aliphatic carbocycles. The lowest BCUT2D eigenvalue weighted by Gasteiger charge is -2.10. The van der Waals surface area contributed by atoms with E-state index in [1.165, 1.54) is 13.0 Å². The molecular weight excluding hydrogens is 257 g/mol. The molecule has 1 rings (SSSR count). The van der Waals surface area contributed by atoms with Gasteiger partial charge in [-0.2, -0.15) is 0 Å². The summed E-state index contributed by atoms with van der Waals surface area (Å²) < 4.78 is 18.2. The first-order valence-corrected chi connectivity index (χ1v) is 5.14. The molecule has 0 heterocycles. The monoisotopic (exact) mass is 269 g/mol. The first-order chi connectivity index (χ1) is 8.93. The second kappa shape index (κ2) is 6.34. The van der Waals surface area contributed by atoms with Crippen molar-refractivity contribution in [1.82, 2.24) is 5.32 Å². The molecule has 0 aromatic heterocycles. The molecule has 0 saturated heterocycles. The van der Waals surface area contributed by atoms with Gasteiger partial charge < -0.3 is 15.7 Å². The number of benzene rings is 1. The van der Waals surface area contributed by atoms with Crippen LogP contribution in [-0.4, -0.2) is 29.5 Å². The molecule has 0 saturated carbocycles. The van der Waals surface area contributed by atoms with Crippen molar-refractivity contribution in [1.29, 1.82) is 0 Å². The van der Waals surface area contributed by atoms with Crippen molar-refractivity contribution in [3.05, 3.63) is 29.6 Å². The Morgan fingerprint density at radius 1 is 1.53 bits per heavy atom. The Balaban J connectivity index is 2.84. The lowest BCUT2D eigenvalue weighted by Crippen LogP contribution is -2.38. The zero-order valence-electron chi connectivity index (χ0n) is 10.0. The molecule has 1 aromatic rings. The third kappa shape index (κ3) is 4.26. The molecule has 0 aliphatic heterocycles. The van der Waals surface area contributed by atoms with Crippen molar-refractivity contribution < 1.29 is 23.9 Å². The number of urea groups is 1. The first kappa shape index (κ1) is 14.4. The molecular formula is C11H12FN3O4. The maximum Gasteiger partial charge on any atom is 0.318 e. The molecule has 7 nitrogen and oxygen atoms in total. The van der Waals surface area contributed by atoms with Gasteiger partial charge in [-0.1, -0.05) is 5.16 Å². The number of nitrogens with one attached hydrogen (secondary N) is 1. The number of halogens is 1. The van der Waals surface area contributed by atoms with Gasteiger partial charge in [0.15, 0.2) is 6.61 Å². The number of nitrogens with zero attached hydrogens (tertiary/aromatic N) is 1. The number of amides is 3. The van der Waals surface area contributed by atoms with Gasteiger partial charge in [0, 0.05) is 5.56 Å². The first-order valence-electron chi connectivity index (χ1n) is 5.14. The van der Waals surface area contributed by atoms with Crippen molar-refractivity contribution in [3.63, 3.8) is 0 Å². The van der Waals surface area contributed by atoms with Crippen LogP contribution in [0.1, 0.15) is 12.5 Å². The summed E-state index contributed by atoms with van der Waals surface area (Å²) >= 11 is 0. The highest BCUT2D eigenvalue weighted by Gasteiger charge is 2.11. The summed E-state index contributed by atoms with van der Waals surface area (Å²) in [6, 6.07) is 2.49. The van der Waals surface area contributed by atoms with Crippen LogP contribution >= 0.6 is 0 Å². The summed E-state index contributed by atoms with van der Waals surface area (Å²) in [5, 5.41) is 13.4. The van der Waals surface area contributed by atoms with Crippen molar-refractivity contribution >= 4 is 17.6 Å². The molecule has 102 valence electrons. The number of ether oxygens (including phenoxy) is 1. The van der Waals surface area contributed by atoms with E-state index in [9.17, 15) is 14.0 Å². The fourth-order valence-corrected chi connectivity index (χ4v) is 1.28. The van der Waals surface area contributed by atoms with E-state index in [2.05, 4.69) is 5.16 Å². The summed E-state index contributed by atoms with van der Waals surface area (Å²) in [4.78, 5) is 21.6. The number of primary amides is 1. The quantitative estimate of drug-likeness (QED) is 0.421. The number of imide groups is 1. The lowest BCUT2D eigenvalue weighted by atomic mass is 10.1. The van der Waals surface area contributed by atoms with E-state index < -0.39 is 24.4 Å². The van der Waals surface area contributed by atoms with Gasteiger partial charge in [0.05, 0.1) is 5.71 Å².